The molecule has 1 unspecified atom stereocenters. The third kappa shape index (κ3) is 1.25. The van der Waals surface area contributed by atoms with Crippen molar-refractivity contribution in [2.45, 2.75) is 19.3 Å². The van der Waals surface area contributed by atoms with Crippen LogP contribution in [-0.4, -0.2) is 17.6 Å². The highest BCUT2D eigenvalue weighted by molar-refractivity contribution is 5.95. The van der Waals surface area contributed by atoms with E-state index in [0.29, 0.717) is 11.5 Å². The average Bonchev–Trinajstić information content (AvgIpc) is 2.59. The van der Waals surface area contributed by atoms with Crippen molar-refractivity contribution in [3.63, 3.8) is 0 Å². The molecule has 0 bridgehead atoms. The van der Waals surface area contributed by atoms with Crippen LogP contribution in [-0.2, 0) is 0 Å². The molecule has 0 aromatic heterocycles. The second-order valence-electron chi connectivity index (χ2n) is 3.56. The van der Waals surface area contributed by atoms with Crippen LogP contribution < -0.4 is 5.32 Å². The van der Waals surface area contributed by atoms with Gasteiger partial charge < -0.3 is 10.4 Å². The molecule has 74 valence electrons. The molecule has 2 N–H and O–H groups in total. The minimum absolute atomic E-state index is 0.387. The topological polar surface area (TPSA) is 49.3 Å². The van der Waals surface area contributed by atoms with Gasteiger partial charge in [-0.1, -0.05) is 19.1 Å². The van der Waals surface area contributed by atoms with E-state index in [0.717, 1.165) is 24.2 Å². The summed E-state index contributed by atoms with van der Waals surface area (Å²) in [5, 5.41) is 12.1. The lowest BCUT2D eigenvalue weighted by molar-refractivity contribution is 0.0698. The zero-order valence-electron chi connectivity index (χ0n) is 8.08. The molecule has 1 aromatic carbocycles. The number of nitrogens with one attached hydrogen (secondary N) is 1. The largest absolute Gasteiger partial charge is 0.478 e. The minimum Gasteiger partial charge on any atom is -0.478 e. The Kier molecular flexibility index (Phi) is 2.15. The minimum atomic E-state index is -0.855. The van der Waals surface area contributed by atoms with Crippen LogP contribution in [0.2, 0.25) is 0 Å². The van der Waals surface area contributed by atoms with Crippen LogP contribution in [0.5, 0.6) is 0 Å². The summed E-state index contributed by atoms with van der Waals surface area (Å²) in [5.74, 6) is -0.393. The van der Waals surface area contributed by atoms with Crippen LogP contribution in [0.1, 0.15) is 35.2 Å². The van der Waals surface area contributed by atoms with Crippen molar-refractivity contribution in [1.82, 2.24) is 0 Å². The SMILES string of the molecule is CCC1CNc2c(C(=O)O)cccc21. The zero-order chi connectivity index (χ0) is 10.1. The predicted octanol–water partition coefficient (Wildman–Crippen LogP) is 2.30. The summed E-state index contributed by atoms with van der Waals surface area (Å²) in [5.41, 5.74) is 2.35. The lowest BCUT2D eigenvalue weighted by atomic mass is 9.97. The molecule has 0 saturated carbocycles. The summed E-state index contributed by atoms with van der Waals surface area (Å²) in [6.45, 7) is 2.98. The molecule has 0 spiro atoms. The molecule has 1 heterocycles. The summed E-state index contributed by atoms with van der Waals surface area (Å²) in [6, 6.07) is 5.47. The third-order valence-corrected chi connectivity index (χ3v) is 2.78. The molecule has 0 fully saturated rings. The van der Waals surface area contributed by atoms with Gasteiger partial charge in [-0.15, -0.1) is 0 Å². The molecule has 1 atom stereocenters. The summed E-state index contributed by atoms with van der Waals surface area (Å²) in [6.07, 6.45) is 1.04. The molecular weight excluding hydrogens is 178 g/mol. The first-order valence-electron chi connectivity index (χ1n) is 4.84. The van der Waals surface area contributed by atoms with Gasteiger partial charge in [0.15, 0.2) is 0 Å². The van der Waals surface area contributed by atoms with Crippen molar-refractivity contribution < 1.29 is 9.90 Å². The van der Waals surface area contributed by atoms with Crippen molar-refractivity contribution in [2.24, 2.45) is 0 Å². The summed E-state index contributed by atoms with van der Waals surface area (Å²) >= 11 is 0. The fraction of sp³-hybridized carbons (Fsp3) is 0.364. The summed E-state index contributed by atoms with van der Waals surface area (Å²) < 4.78 is 0. The lowest BCUT2D eigenvalue weighted by Crippen LogP contribution is -2.02. The van der Waals surface area contributed by atoms with Crippen molar-refractivity contribution in [1.29, 1.82) is 0 Å². The summed E-state index contributed by atoms with van der Waals surface area (Å²) in [4.78, 5) is 10.9. The molecule has 0 aliphatic carbocycles. The van der Waals surface area contributed by atoms with Gasteiger partial charge in [-0.3, -0.25) is 0 Å². The van der Waals surface area contributed by atoms with Crippen LogP contribution in [0.3, 0.4) is 0 Å². The fourth-order valence-electron chi connectivity index (χ4n) is 1.99. The Bertz CT molecular complexity index is 374. The highest BCUT2D eigenvalue weighted by Crippen LogP contribution is 2.35. The predicted molar refractivity (Wildman–Crippen MR) is 54.9 cm³/mol. The number of anilines is 1. The second kappa shape index (κ2) is 3.33. The molecule has 0 radical (unpaired) electrons. The maximum atomic E-state index is 10.9. The van der Waals surface area contributed by atoms with Gasteiger partial charge in [0, 0.05) is 12.5 Å². The molecule has 2 rings (SSSR count). The van der Waals surface area contributed by atoms with Gasteiger partial charge in [-0.2, -0.15) is 0 Å². The standard InChI is InChI=1S/C11H13NO2/c1-2-7-6-12-10-8(7)4-3-5-9(10)11(13)14/h3-5,7,12H,2,6H2,1H3,(H,13,14). The van der Waals surface area contributed by atoms with Crippen LogP contribution in [0.15, 0.2) is 18.2 Å². The Morgan fingerprint density at radius 1 is 1.64 bits per heavy atom. The van der Waals surface area contributed by atoms with Gasteiger partial charge in [0.05, 0.1) is 11.3 Å². The Balaban J connectivity index is 2.49. The highest BCUT2D eigenvalue weighted by atomic mass is 16.4. The van der Waals surface area contributed by atoms with E-state index in [-0.39, 0.29) is 0 Å². The molecule has 3 heteroatoms. The molecule has 14 heavy (non-hydrogen) atoms. The molecule has 1 aromatic rings. The first-order valence-corrected chi connectivity index (χ1v) is 4.84. The van der Waals surface area contributed by atoms with Crippen molar-refractivity contribution in [3.05, 3.63) is 29.3 Å². The molecule has 0 amide bonds. The normalized spacial score (nSPS) is 18.8. The maximum Gasteiger partial charge on any atom is 0.337 e. The number of rotatable bonds is 2. The number of carboxylic acids is 1. The number of carboxylic acid groups (broad SMARTS) is 1. The van der Waals surface area contributed by atoms with Gasteiger partial charge in [-0.05, 0) is 18.1 Å². The van der Waals surface area contributed by atoms with E-state index < -0.39 is 5.97 Å². The van der Waals surface area contributed by atoms with Gasteiger partial charge >= 0.3 is 5.97 Å². The molecule has 1 aliphatic heterocycles. The first kappa shape index (κ1) is 9.06. The van der Waals surface area contributed by atoms with Gasteiger partial charge in [0.1, 0.15) is 0 Å². The van der Waals surface area contributed by atoms with E-state index in [1.54, 1.807) is 6.07 Å². The number of hydrogen-bond acceptors (Lipinski definition) is 2. The molecular formula is C11H13NO2. The van der Waals surface area contributed by atoms with E-state index in [9.17, 15) is 4.79 Å². The quantitative estimate of drug-likeness (QED) is 0.754. The number of benzene rings is 1. The van der Waals surface area contributed by atoms with E-state index >= 15 is 0 Å². The monoisotopic (exact) mass is 191 g/mol. The maximum absolute atomic E-state index is 10.9. The molecule has 3 nitrogen and oxygen atoms in total. The second-order valence-corrected chi connectivity index (χ2v) is 3.56. The Labute approximate surface area is 82.8 Å². The van der Waals surface area contributed by atoms with Crippen LogP contribution in [0, 0.1) is 0 Å². The van der Waals surface area contributed by atoms with Gasteiger partial charge in [-0.25, -0.2) is 4.79 Å². The third-order valence-electron chi connectivity index (χ3n) is 2.78. The average molecular weight is 191 g/mol. The number of para-hydroxylation sites is 1. The Morgan fingerprint density at radius 2 is 2.43 bits per heavy atom. The van der Waals surface area contributed by atoms with Crippen LogP contribution in [0.4, 0.5) is 5.69 Å². The van der Waals surface area contributed by atoms with Crippen molar-refractivity contribution >= 4 is 11.7 Å². The van der Waals surface area contributed by atoms with E-state index in [1.165, 1.54) is 0 Å². The Morgan fingerprint density at radius 3 is 3.07 bits per heavy atom. The first-order chi connectivity index (χ1) is 6.74. The highest BCUT2D eigenvalue weighted by Gasteiger charge is 2.24. The summed E-state index contributed by atoms with van der Waals surface area (Å²) in [7, 11) is 0. The van der Waals surface area contributed by atoms with Gasteiger partial charge in [0.25, 0.3) is 0 Å². The van der Waals surface area contributed by atoms with Crippen LogP contribution >= 0.6 is 0 Å². The molecule has 1 aliphatic rings. The van der Waals surface area contributed by atoms with Crippen molar-refractivity contribution in [3.8, 4) is 0 Å². The van der Waals surface area contributed by atoms with Crippen LogP contribution in [0.25, 0.3) is 0 Å². The fourth-order valence-corrected chi connectivity index (χ4v) is 1.99. The van der Waals surface area contributed by atoms with E-state index in [1.807, 2.05) is 12.1 Å². The lowest BCUT2D eigenvalue weighted by Gasteiger charge is -2.06. The van der Waals surface area contributed by atoms with Gasteiger partial charge in [0.2, 0.25) is 0 Å². The Hall–Kier alpha value is -1.51. The number of fused-ring (bicyclic) bond motifs is 1. The smallest absolute Gasteiger partial charge is 0.337 e. The van der Waals surface area contributed by atoms with Crippen molar-refractivity contribution in [2.75, 3.05) is 11.9 Å². The number of carbonyl (C=O) groups is 1. The molecule has 0 saturated heterocycles. The number of hydrogen-bond donors (Lipinski definition) is 2. The zero-order valence-corrected chi connectivity index (χ0v) is 8.08. The van der Waals surface area contributed by atoms with E-state index in [2.05, 4.69) is 12.2 Å². The number of aromatic carboxylic acids is 1. The van der Waals surface area contributed by atoms with E-state index in [4.69, 9.17) is 5.11 Å².